The van der Waals surface area contributed by atoms with Crippen molar-refractivity contribution < 1.29 is 9.53 Å². The molecule has 0 aliphatic rings. The number of benzene rings is 1. The number of nitrogens with one attached hydrogen (secondary N) is 2. The van der Waals surface area contributed by atoms with Crippen molar-refractivity contribution >= 4 is 39.8 Å². The predicted molar refractivity (Wildman–Crippen MR) is 94.8 cm³/mol. The Hall–Kier alpha value is -1.80. The zero-order chi connectivity index (χ0) is 16.7. The molecule has 0 radical (unpaired) electrons. The van der Waals surface area contributed by atoms with Gasteiger partial charge in [0.2, 0.25) is 11.0 Å². The number of nitrogens with zero attached hydrogens (tertiary/aromatic N) is 2. The van der Waals surface area contributed by atoms with Crippen LogP contribution in [0.25, 0.3) is 0 Å². The molecule has 1 atom stereocenters. The zero-order valence-electron chi connectivity index (χ0n) is 13.3. The van der Waals surface area contributed by atoms with E-state index < -0.39 is 0 Å². The summed E-state index contributed by atoms with van der Waals surface area (Å²) < 4.78 is 6.04. The molecule has 0 aliphatic heterocycles. The van der Waals surface area contributed by atoms with Crippen LogP contribution < -0.4 is 15.4 Å². The summed E-state index contributed by atoms with van der Waals surface area (Å²) in [6, 6.07) is 7.80. The second-order valence-electron chi connectivity index (χ2n) is 4.86. The van der Waals surface area contributed by atoms with Crippen LogP contribution in [0.5, 0.6) is 5.75 Å². The van der Waals surface area contributed by atoms with E-state index in [0.717, 1.165) is 22.2 Å². The first-order valence-electron chi connectivity index (χ1n) is 7.28. The van der Waals surface area contributed by atoms with Crippen LogP contribution in [0.4, 0.5) is 10.8 Å². The summed E-state index contributed by atoms with van der Waals surface area (Å²) in [4.78, 5) is 11.8. The molecule has 124 valence electrons. The third-order valence-corrected chi connectivity index (χ3v) is 5.07. The molecule has 0 unspecified atom stereocenters. The summed E-state index contributed by atoms with van der Waals surface area (Å²) in [5.41, 5.74) is 0.831. The summed E-state index contributed by atoms with van der Waals surface area (Å²) in [5, 5.41) is 14.9. The topological polar surface area (TPSA) is 76.1 Å². The number of rotatable bonds is 8. The second-order valence-corrected chi connectivity index (χ2v) is 7.06. The van der Waals surface area contributed by atoms with Gasteiger partial charge in [-0.1, -0.05) is 42.2 Å². The van der Waals surface area contributed by atoms with Gasteiger partial charge in [-0.3, -0.25) is 4.79 Å². The third-order valence-electron chi connectivity index (χ3n) is 3.10. The Morgan fingerprint density at radius 3 is 2.91 bits per heavy atom. The Morgan fingerprint density at radius 2 is 2.17 bits per heavy atom. The predicted octanol–water partition coefficient (Wildman–Crippen LogP) is 3.30. The van der Waals surface area contributed by atoms with Gasteiger partial charge in [-0.15, -0.1) is 10.2 Å². The first-order valence-corrected chi connectivity index (χ1v) is 9.08. The lowest BCUT2D eigenvalue weighted by Crippen LogP contribution is -2.33. The monoisotopic (exact) mass is 352 g/mol. The molecule has 0 spiro atoms. The van der Waals surface area contributed by atoms with E-state index in [1.807, 2.05) is 38.1 Å². The van der Waals surface area contributed by atoms with Gasteiger partial charge in [-0.05, 0) is 25.5 Å². The molecule has 0 bridgehead atoms. The van der Waals surface area contributed by atoms with Gasteiger partial charge < -0.3 is 15.4 Å². The maximum Gasteiger partial charge on any atom is 0.230 e. The first-order chi connectivity index (χ1) is 11.1. The molecule has 23 heavy (non-hydrogen) atoms. The SMILES string of the molecule is CC[C@@H](C)NC(=O)CSc1nnc(Nc2ccccc2OC)s1. The van der Waals surface area contributed by atoms with E-state index in [1.54, 1.807) is 7.11 Å². The normalized spacial score (nSPS) is 11.8. The standard InChI is InChI=1S/C15H20N4O2S2/c1-4-10(2)16-13(20)9-22-15-19-18-14(23-15)17-11-7-5-6-8-12(11)21-3/h5-8,10H,4,9H2,1-3H3,(H,16,20)(H,17,18)/t10-/m1/s1. The molecular formula is C15H20N4O2S2. The van der Waals surface area contributed by atoms with Gasteiger partial charge in [-0.2, -0.15) is 0 Å². The highest BCUT2D eigenvalue weighted by Crippen LogP contribution is 2.31. The highest BCUT2D eigenvalue weighted by atomic mass is 32.2. The summed E-state index contributed by atoms with van der Waals surface area (Å²) in [6.45, 7) is 4.03. The lowest BCUT2D eigenvalue weighted by Gasteiger charge is -2.10. The van der Waals surface area contributed by atoms with Crippen molar-refractivity contribution in [3.63, 3.8) is 0 Å². The fraction of sp³-hybridized carbons (Fsp3) is 0.400. The fourth-order valence-corrected chi connectivity index (χ4v) is 3.30. The number of aromatic nitrogens is 2. The van der Waals surface area contributed by atoms with Crippen molar-refractivity contribution in [3.8, 4) is 5.75 Å². The molecule has 1 aromatic heterocycles. The van der Waals surface area contributed by atoms with Crippen LogP contribution in [0.2, 0.25) is 0 Å². The van der Waals surface area contributed by atoms with Crippen LogP contribution in [0.1, 0.15) is 20.3 Å². The van der Waals surface area contributed by atoms with Gasteiger partial charge in [0, 0.05) is 6.04 Å². The van der Waals surface area contributed by atoms with E-state index in [2.05, 4.69) is 20.8 Å². The number of amides is 1. The third kappa shape index (κ3) is 5.40. The molecule has 2 rings (SSSR count). The molecule has 8 heteroatoms. The Bertz CT molecular complexity index is 648. The van der Waals surface area contributed by atoms with E-state index in [1.165, 1.54) is 23.1 Å². The number of methoxy groups -OCH3 is 1. The zero-order valence-corrected chi connectivity index (χ0v) is 15.0. The van der Waals surface area contributed by atoms with Gasteiger partial charge in [0.25, 0.3) is 0 Å². The Kier molecular flexibility index (Phi) is 6.66. The van der Waals surface area contributed by atoms with Crippen LogP contribution in [0.3, 0.4) is 0 Å². The minimum atomic E-state index is 0.0128. The maximum absolute atomic E-state index is 11.8. The maximum atomic E-state index is 11.8. The average Bonchev–Trinajstić information content (AvgIpc) is 3.01. The smallest absolute Gasteiger partial charge is 0.230 e. The number of thioether (sulfide) groups is 1. The summed E-state index contributed by atoms with van der Waals surface area (Å²) in [5.74, 6) is 1.09. The van der Waals surface area contributed by atoms with E-state index in [9.17, 15) is 4.79 Å². The molecular weight excluding hydrogens is 332 g/mol. The molecule has 0 aliphatic carbocycles. The number of hydrogen-bond donors (Lipinski definition) is 2. The molecule has 1 heterocycles. The number of ether oxygens (including phenoxy) is 1. The van der Waals surface area contributed by atoms with Crippen molar-refractivity contribution in [2.24, 2.45) is 0 Å². The van der Waals surface area contributed by atoms with Crippen molar-refractivity contribution in [3.05, 3.63) is 24.3 Å². The van der Waals surface area contributed by atoms with Gasteiger partial charge in [-0.25, -0.2) is 0 Å². The van der Waals surface area contributed by atoms with E-state index in [4.69, 9.17) is 4.74 Å². The highest BCUT2D eigenvalue weighted by Gasteiger charge is 2.11. The van der Waals surface area contributed by atoms with Gasteiger partial charge in [0.1, 0.15) is 5.75 Å². The first kappa shape index (κ1) is 17.6. The van der Waals surface area contributed by atoms with Gasteiger partial charge in [0.05, 0.1) is 18.6 Å². The Morgan fingerprint density at radius 1 is 1.39 bits per heavy atom. The highest BCUT2D eigenvalue weighted by molar-refractivity contribution is 8.01. The van der Waals surface area contributed by atoms with Crippen LogP contribution in [0.15, 0.2) is 28.6 Å². The van der Waals surface area contributed by atoms with Crippen LogP contribution in [0, 0.1) is 0 Å². The van der Waals surface area contributed by atoms with Gasteiger partial charge >= 0.3 is 0 Å². The van der Waals surface area contributed by atoms with E-state index in [-0.39, 0.29) is 11.9 Å². The molecule has 1 aromatic carbocycles. The van der Waals surface area contributed by atoms with E-state index in [0.29, 0.717) is 10.9 Å². The molecule has 1 amide bonds. The molecule has 2 N–H and O–H groups in total. The Balaban J connectivity index is 1.89. The minimum absolute atomic E-state index is 0.0128. The summed E-state index contributed by atoms with van der Waals surface area (Å²) >= 11 is 2.79. The van der Waals surface area contributed by atoms with Crippen molar-refractivity contribution in [2.45, 2.75) is 30.6 Å². The largest absolute Gasteiger partial charge is 0.495 e. The fourth-order valence-electron chi connectivity index (χ4n) is 1.73. The lowest BCUT2D eigenvalue weighted by atomic mass is 10.3. The molecule has 0 fully saturated rings. The Labute approximate surface area is 144 Å². The van der Waals surface area contributed by atoms with E-state index >= 15 is 0 Å². The lowest BCUT2D eigenvalue weighted by molar-refractivity contribution is -0.119. The average molecular weight is 352 g/mol. The molecule has 0 saturated carbocycles. The minimum Gasteiger partial charge on any atom is -0.495 e. The molecule has 6 nitrogen and oxygen atoms in total. The number of para-hydroxylation sites is 2. The molecule has 0 saturated heterocycles. The summed E-state index contributed by atoms with van der Waals surface area (Å²) in [7, 11) is 1.62. The van der Waals surface area contributed by atoms with Crippen molar-refractivity contribution in [1.29, 1.82) is 0 Å². The number of anilines is 2. The number of carbonyl (C=O) groups excluding carboxylic acids is 1. The summed E-state index contributed by atoms with van der Waals surface area (Å²) in [6.07, 6.45) is 0.919. The van der Waals surface area contributed by atoms with Crippen LogP contribution in [-0.2, 0) is 4.79 Å². The van der Waals surface area contributed by atoms with Gasteiger partial charge in [0.15, 0.2) is 4.34 Å². The number of carbonyl (C=O) groups is 1. The van der Waals surface area contributed by atoms with Crippen LogP contribution in [-0.4, -0.2) is 35.0 Å². The van der Waals surface area contributed by atoms with Crippen molar-refractivity contribution in [2.75, 3.05) is 18.2 Å². The van der Waals surface area contributed by atoms with Crippen molar-refractivity contribution in [1.82, 2.24) is 15.5 Å². The molecule has 2 aromatic rings. The number of hydrogen-bond acceptors (Lipinski definition) is 7. The van der Waals surface area contributed by atoms with Crippen LogP contribution >= 0.6 is 23.1 Å². The quantitative estimate of drug-likeness (QED) is 0.710. The second kappa shape index (κ2) is 8.73.